The van der Waals surface area contributed by atoms with Crippen molar-refractivity contribution in [2.45, 2.75) is 43.4 Å². The van der Waals surface area contributed by atoms with Gasteiger partial charge in [0.15, 0.2) is 0 Å². The van der Waals surface area contributed by atoms with E-state index in [1.54, 1.807) is 12.1 Å². The first-order chi connectivity index (χ1) is 11.4. The molecule has 0 atom stereocenters. The fraction of sp³-hybridized carbons (Fsp3) is 0.278. The molecule has 0 radical (unpaired) electrons. The lowest BCUT2D eigenvalue weighted by Crippen LogP contribution is -2.14. The molecule has 0 aliphatic carbocycles. The second-order valence-electron chi connectivity index (χ2n) is 5.62. The van der Waals surface area contributed by atoms with Crippen LogP contribution < -0.4 is 4.72 Å². The average Bonchev–Trinajstić information content (AvgIpc) is 2.52. The van der Waals surface area contributed by atoms with E-state index >= 15 is 0 Å². The smallest absolute Gasteiger partial charge is 0.261 e. The van der Waals surface area contributed by atoms with Crippen LogP contribution in [-0.4, -0.2) is 8.42 Å². The normalized spacial score (nSPS) is 11.1. The first kappa shape index (κ1) is 18.4. The van der Waals surface area contributed by atoms with E-state index in [9.17, 15) is 8.42 Å². The van der Waals surface area contributed by atoms with Gasteiger partial charge in [-0.05, 0) is 73.0 Å². The zero-order valence-corrected chi connectivity index (χ0v) is 15.6. The maximum Gasteiger partial charge on any atom is 0.261 e. The molecule has 0 spiro atoms. The molecule has 0 aliphatic rings. The van der Waals surface area contributed by atoms with Crippen LogP contribution in [0.15, 0.2) is 46.2 Å². The predicted octanol–water partition coefficient (Wildman–Crippen LogP) is 4.63. The fourth-order valence-corrected chi connectivity index (χ4v) is 4.29. The Morgan fingerprint density at radius 2 is 1.71 bits per heavy atom. The minimum Gasteiger partial charge on any atom is -0.279 e. The van der Waals surface area contributed by atoms with Crippen molar-refractivity contribution < 1.29 is 8.42 Å². The molecule has 6 heteroatoms. The summed E-state index contributed by atoms with van der Waals surface area (Å²) in [5.41, 5.74) is 3.27. The maximum absolute atomic E-state index is 12.6. The first-order valence-corrected chi connectivity index (χ1v) is 9.96. The number of thiocyanates is 1. The lowest BCUT2D eigenvalue weighted by atomic mass is 10.1. The molecule has 0 saturated heterocycles. The molecule has 24 heavy (non-hydrogen) atoms. The second-order valence-corrected chi connectivity index (χ2v) is 8.17. The monoisotopic (exact) mass is 360 g/mol. The summed E-state index contributed by atoms with van der Waals surface area (Å²) in [7, 11) is -3.64. The zero-order chi connectivity index (χ0) is 17.7. The highest BCUT2D eigenvalue weighted by atomic mass is 32.2. The number of nitriles is 1. The first-order valence-electron chi connectivity index (χ1n) is 7.66. The van der Waals surface area contributed by atoms with E-state index in [2.05, 4.69) is 11.6 Å². The van der Waals surface area contributed by atoms with Gasteiger partial charge in [-0.25, -0.2) is 8.42 Å². The van der Waals surface area contributed by atoms with Crippen LogP contribution in [0.25, 0.3) is 0 Å². The Hall–Kier alpha value is -1.97. The Morgan fingerprint density at radius 3 is 2.21 bits per heavy atom. The number of nitrogens with zero attached hydrogens (tertiary/aromatic N) is 1. The lowest BCUT2D eigenvalue weighted by molar-refractivity contribution is 0.601. The minimum absolute atomic E-state index is 0.247. The van der Waals surface area contributed by atoms with E-state index in [-0.39, 0.29) is 4.90 Å². The van der Waals surface area contributed by atoms with Crippen molar-refractivity contribution in [3.8, 4) is 5.40 Å². The molecule has 126 valence electrons. The molecule has 0 bridgehead atoms. The molecule has 0 heterocycles. The molecule has 2 aromatic carbocycles. The number of rotatable bonds is 6. The van der Waals surface area contributed by atoms with Gasteiger partial charge in [0.25, 0.3) is 10.0 Å². The van der Waals surface area contributed by atoms with Crippen molar-refractivity contribution >= 4 is 27.5 Å². The number of hydrogen-bond acceptors (Lipinski definition) is 4. The highest BCUT2D eigenvalue weighted by Crippen LogP contribution is 2.29. The van der Waals surface area contributed by atoms with Gasteiger partial charge < -0.3 is 0 Å². The molecule has 4 nitrogen and oxygen atoms in total. The van der Waals surface area contributed by atoms with Gasteiger partial charge in [0.1, 0.15) is 5.40 Å². The van der Waals surface area contributed by atoms with Gasteiger partial charge in [0.05, 0.1) is 10.6 Å². The Balaban J connectivity index is 2.31. The van der Waals surface area contributed by atoms with E-state index in [4.69, 9.17) is 5.26 Å². The molecular formula is C18H20N2O2S2. The zero-order valence-electron chi connectivity index (χ0n) is 14.0. The van der Waals surface area contributed by atoms with Gasteiger partial charge in [-0.1, -0.05) is 25.5 Å². The molecule has 0 aromatic heterocycles. The third-order valence-corrected chi connectivity index (χ3v) is 5.61. The van der Waals surface area contributed by atoms with E-state index in [1.807, 2.05) is 43.5 Å². The summed E-state index contributed by atoms with van der Waals surface area (Å²) in [6, 6.07) is 10.6. The third kappa shape index (κ3) is 4.31. The van der Waals surface area contributed by atoms with Crippen LogP contribution in [0.2, 0.25) is 0 Å². The summed E-state index contributed by atoms with van der Waals surface area (Å²) in [6.45, 7) is 5.75. The Morgan fingerprint density at radius 1 is 1.12 bits per heavy atom. The molecule has 1 N–H and O–H groups in total. The summed E-state index contributed by atoms with van der Waals surface area (Å²) in [6.07, 6.45) is 1.96. The number of benzene rings is 2. The van der Waals surface area contributed by atoms with E-state index in [1.165, 1.54) is 0 Å². The van der Waals surface area contributed by atoms with E-state index in [0.717, 1.165) is 46.2 Å². The third-order valence-electron chi connectivity index (χ3n) is 3.68. The summed E-state index contributed by atoms with van der Waals surface area (Å²) >= 11 is 1.06. The van der Waals surface area contributed by atoms with Crippen molar-refractivity contribution in [1.29, 1.82) is 5.26 Å². The molecule has 0 amide bonds. The van der Waals surface area contributed by atoms with Crippen molar-refractivity contribution in [3.63, 3.8) is 0 Å². The van der Waals surface area contributed by atoms with E-state index < -0.39 is 10.0 Å². The number of nitrogens with one attached hydrogen (secondary N) is 1. The SMILES string of the molecule is CCCc1ccc(S(=O)(=O)Nc2c(C)cc(SC#N)cc2C)cc1. The van der Waals surface area contributed by atoms with Crippen LogP contribution >= 0.6 is 11.8 Å². The van der Waals surface area contributed by atoms with Crippen molar-refractivity contribution in [3.05, 3.63) is 53.1 Å². The van der Waals surface area contributed by atoms with Crippen molar-refractivity contribution in [2.24, 2.45) is 0 Å². The Labute approximate surface area is 148 Å². The lowest BCUT2D eigenvalue weighted by Gasteiger charge is -2.14. The Kier molecular flexibility index (Phi) is 5.92. The Bertz CT molecular complexity index is 844. The van der Waals surface area contributed by atoms with Gasteiger partial charge in [0, 0.05) is 4.90 Å². The highest BCUT2D eigenvalue weighted by Gasteiger charge is 2.17. The summed E-state index contributed by atoms with van der Waals surface area (Å²) in [5, 5.41) is 10.8. The number of aryl methyl sites for hydroxylation is 3. The number of anilines is 1. The molecule has 0 unspecified atom stereocenters. The summed E-state index contributed by atoms with van der Waals surface area (Å²) in [4.78, 5) is 1.05. The second kappa shape index (κ2) is 7.73. The molecule has 0 saturated carbocycles. The van der Waals surface area contributed by atoms with Gasteiger partial charge in [0.2, 0.25) is 0 Å². The van der Waals surface area contributed by atoms with Crippen LogP contribution in [0.3, 0.4) is 0 Å². The standard InChI is InChI=1S/C18H20N2O2S2/c1-4-5-15-6-8-17(9-7-15)24(21,22)20-18-13(2)10-16(23-12-19)11-14(18)3/h6-11,20H,4-5H2,1-3H3. The molecule has 0 fully saturated rings. The fourth-order valence-electron chi connectivity index (χ4n) is 2.51. The van der Waals surface area contributed by atoms with Crippen LogP contribution in [0, 0.1) is 24.5 Å². The van der Waals surface area contributed by atoms with Crippen LogP contribution in [0.1, 0.15) is 30.0 Å². The van der Waals surface area contributed by atoms with Crippen molar-refractivity contribution in [2.75, 3.05) is 4.72 Å². The predicted molar refractivity (Wildman–Crippen MR) is 98.6 cm³/mol. The van der Waals surface area contributed by atoms with Crippen LogP contribution in [-0.2, 0) is 16.4 Å². The number of sulfonamides is 1. The highest BCUT2D eigenvalue weighted by molar-refractivity contribution is 8.03. The largest absolute Gasteiger partial charge is 0.279 e. The van der Waals surface area contributed by atoms with Crippen LogP contribution in [0.4, 0.5) is 5.69 Å². The molecule has 0 aliphatic heterocycles. The average molecular weight is 361 g/mol. The molecule has 2 rings (SSSR count). The topological polar surface area (TPSA) is 70.0 Å². The minimum atomic E-state index is -3.64. The van der Waals surface area contributed by atoms with Gasteiger partial charge in [-0.3, -0.25) is 4.72 Å². The van der Waals surface area contributed by atoms with E-state index in [0.29, 0.717) is 5.69 Å². The summed E-state index contributed by atoms with van der Waals surface area (Å²) < 4.78 is 27.9. The molecule has 2 aromatic rings. The van der Waals surface area contributed by atoms with Gasteiger partial charge >= 0.3 is 0 Å². The number of hydrogen-bond donors (Lipinski definition) is 1. The number of thioether (sulfide) groups is 1. The summed E-state index contributed by atoms with van der Waals surface area (Å²) in [5.74, 6) is 0. The maximum atomic E-state index is 12.6. The quantitative estimate of drug-likeness (QED) is 0.602. The van der Waals surface area contributed by atoms with Crippen LogP contribution in [0.5, 0.6) is 0 Å². The van der Waals surface area contributed by atoms with Crippen molar-refractivity contribution in [1.82, 2.24) is 0 Å². The van der Waals surface area contributed by atoms with Gasteiger partial charge in [-0.15, -0.1) is 0 Å². The van der Waals surface area contributed by atoms with Gasteiger partial charge in [-0.2, -0.15) is 5.26 Å². The molecular weight excluding hydrogens is 340 g/mol.